The molecule has 3 nitrogen and oxygen atoms in total. The third-order valence-electron chi connectivity index (χ3n) is 2.65. The average Bonchev–Trinajstić information content (AvgIpc) is 2.33. The number of nitrogens with one attached hydrogen (secondary N) is 1. The van der Waals surface area contributed by atoms with Crippen molar-refractivity contribution in [3.63, 3.8) is 0 Å². The highest BCUT2D eigenvalue weighted by molar-refractivity contribution is 9.10. The van der Waals surface area contributed by atoms with Gasteiger partial charge in [-0.1, -0.05) is 27.5 Å². The number of hydrogen-bond donors (Lipinski definition) is 1. The van der Waals surface area contributed by atoms with Crippen LogP contribution in [0.15, 0.2) is 16.6 Å². The van der Waals surface area contributed by atoms with Gasteiger partial charge in [0.15, 0.2) is 0 Å². The van der Waals surface area contributed by atoms with Gasteiger partial charge in [-0.3, -0.25) is 0 Å². The lowest BCUT2D eigenvalue weighted by atomic mass is 10.2. The maximum Gasteiger partial charge on any atom is 0.141 e. The second kappa shape index (κ2) is 8.80. The minimum absolute atomic E-state index is 0.0694. The Morgan fingerprint density at radius 1 is 1.42 bits per heavy atom. The van der Waals surface area contributed by atoms with E-state index in [1.165, 1.54) is 0 Å². The van der Waals surface area contributed by atoms with Gasteiger partial charge in [-0.15, -0.1) is 0 Å². The zero-order valence-electron chi connectivity index (χ0n) is 11.6. The van der Waals surface area contributed by atoms with E-state index in [1.54, 1.807) is 7.11 Å². The third-order valence-corrected chi connectivity index (χ3v) is 3.39. The Hall–Kier alpha value is -0.290. The summed E-state index contributed by atoms with van der Waals surface area (Å²) in [6, 6.07) is 3.85. The van der Waals surface area contributed by atoms with Gasteiger partial charge in [0, 0.05) is 24.7 Å². The molecule has 0 fully saturated rings. The Balaban J connectivity index is 2.42. The maximum absolute atomic E-state index is 6.19. The van der Waals surface area contributed by atoms with Gasteiger partial charge in [-0.25, -0.2) is 0 Å². The second-order valence-electron chi connectivity index (χ2n) is 4.51. The fraction of sp³-hybridized carbons (Fsp3) is 0.571. The van der Waals surface area contributed by atoms with Crippen molar-refractivity contribution in [3.8, 4) is 5.75 Å². The molecule has 0 saturated heterocycles. The molecule has 108 valence electrons. The van der Waals surface area contributed by atoms with E-state index < -0.39 is 0 Å². The molecule has 1 aromatic rings. The second-order valence-corrected chi connectivity index (χ2v) is 5.84. The molecule has 0 aliphatic carbocycles. The monoisotopic (exact) mass is 349 g/mol. The number of aryl methyl sites for hydroxylation is 1. The Labute approximate surface area is 128 Å². The zero-order chi connectivity index (χ0) is 14.3. The number of halogens is 2. The van der Waals surface area contributed by atoms with E-state index in [4.69, 9.17) is 21.1 Å². The lowest BCUT2D eigenvalue weighted by Crippen LogP contribution is -2.30. The van der Waals surface area contributed by atoms with Gasteiger partial charge in [-0.2, -0.15) is 0 Å². The van der Waals surface area contributed by atoms with Crippen LogP contribution in [-0.4, -0.2) is 32.9 Å². The topological polar surface area (TPSA) is 30.5 Å². The first-order chi connectivity index (χ1) is 9.04. The molecule has 0 saturated carbocycles. The molecular weight excluding hydrogens is 330 g/mol. The quantitative estimate of drug-likeness (QED) is 0.723. The molecule has 0 aromatic heterocycles. The smallest absolute Gasteiger partial charge is 0.141 e. The van der Waals surface area contributed by atoms with Crippen molar-refractivity contribution in [1.29, 1.82) is 0 Å². The summed E-state index contributed by atoms with van der Waals surface area (Å²) >= 11 is 9.60. The Morgan fingerprint density at radius 2 is 2.16 bits per heavy atom. The minimum atomic E-state index is 0.0694. The van der Waals surface area contributed by atoms with Crippen molar-refractivity contribution in [2.45, 2.75) is 26.4 Å². The van der Waals surface area contributed by atoms with Crippen LogP contribution in [0.25, 0.3) is 0 Å². The van der Waals surface area contributed by atoms with E-state index in [9.17, 15) is 0 Å². The van der Waals surface area contributed by atoms with Gasteiger partial charge in [0.2, 0.25) is 0 Å². The average molecular weight is 351 g/mol. The summed E-state index contributed by atoms with van der Waals surface area (Å²) in [6.45, 7) is 6.51. The molecule has 0 amide bonds. The Morgan fingerprint density at radius 3 is 2.79 bits per heavy atom. The van der Waals surface area contributed by atoms with Crippen LogP contribution in [0.4, 0.5) is 0 Å². The number of ether oxygens (including phenoxy) is 2. The summed E-state index contributed by atoms with van der Waals surface area (Å²) < 4.78 is 11.9. The maximum atomic E-state index is 6.19. The molecule has 1 atom stereocenters. The number of benzene rings is 1. The summed E-state index contributed by atoms with van der Waals surface area (Å²) in [7, 11) is 1.71. The highest BCUT2D eigenvalue weighted by atomic mass is 79.9. The van der Waals surface area contributed by atoms with E-state index in [0.717, 1.165) is 41.9 Å². The number of rotatable bonds is 8. The highest BCUT2D eigenvalue weighted by Crippen LogP contribution is 2.32. The Bertz CT molecular complexity index is 378. The Kier molecular flexibility index (Phi) is 7.76. The van der Waals surface area contributed by atoms with Gasteiger partial charge in [0.1, 0.15) is 11.9 Å². The van der Waals surface area contributed by atoms with Gasteiger partial charge < -0.3 is 14.8 Å². The summed E-state index contributed by atoms with van der Waals surface area (Å²) in [6.07, 6.45) is 1.07. The molecule has 19 heavy (non-hydrogen) atoms. The summed E-state index contributed by atoms with van der Waals surface area (Å²) in [4.78, 5) is 0. The van der Waals surface area contributed by atoms with E-state index >= 15 is 0 Å². The van der Waals surface area contributed by atoms with Gasteiger partial charge in [0.05, 0.1) is 5.02 Å². The third kappa shape index (κ3) is 6.13. The normalized spacial score (nSPS) is 12.5. The van der Waals surface area contributed by atoms with Crippen LogP contribution in [0.2, 0.25) is 5.02 Å². The van der Waals surface area contributed by atoms with Crippen molar-refractivity contribution in [2.24, 2.45) is 0 Å². The molecule has 1 aromatic carbocycles. The largest absolute Gasteiger partial charge is 0.488 e. The molecule has 1 rings (SSSR count). The van der Waals surface area contributed by atoms with Gasteiger partial charge in [0.25, 0.3) is 0 Å². The van der Waals surface area contributed by atoms with E-state index in [1.807, 2.05) is 26.0 Å². The van der Waals surface area contributed by atoms with Crippen LogP contribution in [-0.2, 0) is 4.74 Å². The van der Waals surface area contributed by atoms with Crippen molar-refractivity contribution in [2.75, 3.05) is 26.8 Å². The minimum Gasteiger partial charge on any atom is -0.488 e. The fourth-order valence-corrected chi connectivity index (χ4v) is 2.74. The SMILES string of the molecule is COCCCNCC(C)Oc1c(C)cc(Br)cc1Cl. The first kappa shape index (κ1) is 16.8. The van der Waals surface area contributed by atoms with E-state index in [-0.39, 0.29) is 6.10 Å². The summed E-state index contributed by atoms with van der Waals surface area (Å²) in [5.74, 6) is 0.760. The van der Waals surface area contributed by atoms with Crippen molar-refractivity contribution in [1.82, 2.24) is 5.32 Å². The molecule has 0 bridgehead atoms. The molecule has 0 aliphatic rings. The summed E-state index contributed by atoms with van der Waals surface area (Å²) in [5, 5.41) is 3.97. The van der Waals surface area contributed by atoms with Crippen molar-refractivity contribution in [3.05, 3.63) is 27.2 Å². The molecule has 0 spiro atoms. The lowest BCUT2D eigenvalue weighted by Gasteiger charge is -2.18. The summed E-state index contributed by atoms with van der Waals surface area (Å²) in [5.41, 5.74) is 1.03. The van der Waals surface area contributed by atoms with E-state index in [2.05, 4.69) is 21.2 Å². The van der Waals surface area contributed by atoms with E-state index in [0.29, 0.717) is 5.02 Å². The first-order valence-electron chi connectivity index (χ1n) is 6.36. The van der Waals surface area contributed by atoms with Crippen LogP contribution in [0.5, 0.6) is 5.75 Å². The lowest BCUT2D eigenvalue weighted by molar-refractivity contribution is 0.188. The fourth-order valence-electron chi connectivity index (χ4n) is 1.73. The van der Waals surface area contributed by atoms with Crippen LogP contribution in [0.1, 0.15) is 18.9 Å². The number of hydrogen-bond acceptors (Lipinski definition) is 3. The molecule has 0 radical (unpaired) electrons. The van der Waals surface area contributed by atoms with Crippen LogP contribution >= 0.6 is 27.5 Å². The molecule has 5 heteroatoms. The molecule has 0 aliphatic heterocycles. The standard InChI is InChI=1S/C14H21BrClNO2/c1-10-7-12(15)8-13(16)14(10)19-11(2)9-17-5-4-6-18-3/h7-8,11,17H,4-6,9H2,1-3H3. The highest BCUT2D eigenvalue weighted by Gasteiger charge is 2.11. The van der Waals surface area contributed by atoms with Crippen molar-refractivity contribution >= 4 is 27.5 Å². The molecular formula is C14H21BrClNO2. The van der Waals surface area contributed by atoms with Gasteiger partial charge in [-0.05, 0) is 44.5 Å². The molecule has 1 N–H and O–H groups in total. The predicted molar refractivity (Wildman–Crippen MR) is 83.3 cm³/mol. The molecule has 1 unspecified atom stereocenters. The predicted octanol–water partition coefficient (Wildman–Crippen LogP) is 3.80. The van der Waals surface area contributed by atoms with Crippen molar-refractivity contribution < 1.29 is 9.47 Å². The van der Waals surface area contributed by atoms with Gasteiger partial charge >= 0.3 is 0 Å². The molecule has 0 heterocycles. The van der Waals surface area contributed by atoms with Crippen LogP contribution in [0.3, 0.4) is 0 Å². The zero-order valence-corrected chi connectivity index (χ0v) is 14.0. The first-order valence-corrected chi connectivity index (χ1v) is 7.53. The van der Waals surface area contributed by atoms with Crippen LogP contribution < -0.4 is 10.1 Å². The van der Waals surface area contributed by atoms with Crippen LogP contribution in [0, 0.1) is 6.92 Å². The number of methoxy groups -OCH3 is 1.